The van der Waals surface area contributed by atoms with Gasteiger partial charge in [-0.3, -0.25) is 9.59 Å². The van der Waals surface area contributed by atoms with Gasteiger partial charge in [0.15, 0.2) is 5.69 Å². The van der Waals surface area contributed by atoms with Crippen molar-refractivity contribution in [3.8, 4) is 0 Å². The van der Waals surface area contributed by atoms with E-state index in [0.29, 0.717) is 34.8 Å². The van der Waals surface area contributed by atoms with E-state index < -0.39 is 0 Å². The minimum atomic E-state index is -0.186. The Kier molecular flexibility index (Phi) is 5.15. The summed E-state index contributed by atoms with van der Waals surface area (Å²) in [6, 6.07) is 17.5. The van der Waals surface area contributed by atoms with E-state index in [9.17, 15) is 9.59 Å². The van der Waals surface area contributed by atoms with Crippen LogP contribution in [0.4, 0.5) is 0 Å². The molecular weight excluding hydrogens is 388 g/mol. The second-order valence-electron chi connectivity index (χ2n) is 7.72. The Morgan fingerprint density at radius 1 is 1.03 bits per heavy atom. The van der Waals surface area contributed by atoms with E-state index in [1.54, 1.807) is 13.1 Å². The largest absolute Gasteiger partial charge is 0.330 e. The van der Waals surface area contributed by atoms with Crippen LogP contribution in [-0.2, 0) is 7.05 Å². The number of carbonyl (C=O) groups excluding carboxylic acids is 1. The molecule has 29 heavy (non-hydrogen) atoms. The van der Waals surface area contributed by atoms with Crippen molar-refractivity contribution < 1.29 is 4.79 Å². The number of carbonyl (C=O) groups is 1. The maximum Gasteiger partial charge on any atom is 0.275 e. The lowest BCUT2D eigenvalue weighted by atomic mass is 9.89. The topological polar surface area (TPSA) is 67.2 Å². The van der Waals surface area contributed by atoms with Crippen LogP contribution in [0.25, 0.3) is 10.8 Å². The fourth-order valence-corrected chi connectivity index (χ4v) is 4.80. The Hall–Kier alpha value is -2.70. The van der Waals surface area contributed by atoms with Crippen LogP contribution >= 0.6 is 12.4 Å². The number of amides is 1. The molecule has 3 atom stereocenters. The van der Waals surface area contributed by atoms with E-state index in [1.165, 1.54) is 4.68 Å². The zero-order chi connectivity index (χ0) is 19.3. The summed E-state index contributed by atoms with van der Waals surface area (Å²) in [4.78, 5) is 28.1. The second-order valence-corrected chi connectivity index (χ2v) is 7.72. The summed E-state index contributed by atoms with van der Waals surface area (Å²) >= 11 is 0. The lowest BCUT2D eigenvalue weighted by Gasteiger charge is -2.28. The van der Waals surface area contributed by atoms with Crippen molar-refractivity contribution in [3.05, 3.63) is 76.2 Å². The van der Waals surface area contributed by atoms with E-state index >= 15 is 0 Å². The highest BCUT2D eigenvalue weighted by molar-refractivity contribution is 6.05. The molecule has 0 radical (unpaired) electrons. The first kappa shape index (κ1) is 19.6. The van der Waals surface area contributed by atoms with Crippen LogP contribution in [0.2, 0.25) is 0 Å². The molecule has 2 aromatic carbocycles. The molecule has 0 aliphatic carbocycles. The first-order valence-electron chi connectivity index (χ1n) is 9.68. The minimum absolute atomic E-state index is 0. The molecule has 0 spiro atoms. The van der Waals surface area contributed by atoms with Crippen LogP contribution in [0.15, 0.2) is 59.4 Å². The smallest absolute Gasteiger partial charge is 0.275 e. The minimum Gasteiger partial charge on any atom is -0.330 e. The highest BCUT2D eigenvalue weighted by Crippen LogP contribution is 2.43. The molecular formula is C22H23ClN4O2. The van der Waals surface area contributed by atoms with Crippen molar-refractivity contribution in [2.75, 3.05) is 19.6 Å². The number of hydrogen-bond acceptors (Lipinski definition) is 4. The normalized spacial score (nSPS) is 23.1. The van der Waals surface area contributed by atoms with Gasteiger partial charge >= 0.3 is 0 Å². The Bertz CT molecular complexity index is 1110. The van der Waals surface area contributed by atoms with Gasteiger partial charge in [0.05, 0.1) is 11.4 Å². The van der Waals surface area contributed by atoms with Gasteiger partial charge in [-0.05, 0) is 17.5 Å². The molecule has 0 saturated carbocycles. The van der Waals surface area contributed by atoms with Gasteiger partial charge in [-0.1, -0.05) is 48.5 Å². The van der Waals surface area contributed by atoms with Crippen LogP contribution < -0.4 is 10.9 Å². The molecule has 7 heteroatoms. The molecule has 3 heterocycles. The third-order valence-corrected chi connectivity index (χ3v) is 6.13. The Morgan fingerprint density at radius 2 is 1.72 bits per heavy atom. The highest BCUT2D eigenvalue weighted by atomic mass is 35.5. The standard InChI is InChI=1S/C22H22N4O2.ClH/c1-25-21(27)17-10-6-5-9-16(17)19(24-25)22(28)26-13-15-11-23-12-18(15)20(26)14-7-3-2-4-8-14;/h2-10,15,18,20,23H,11-13H2,1H3;1H/t15-,18-,20+;/m0./s1. The quantitative estimate of drug-likeness (QED) is 0.704. The lowest BCUT2D eigenvalue weighted by Crippen LogP contribution is -2.36. The summed E-state index contributed by atoms with van der Waals surface area (Å²) in [5.74, 6) is 0.730. The van der Waals surface area contributed by atoms with E-state index in [2.05, 4.69) is 22.5 Å². The zero-order valence-electron chi connectivity index (χ0n) is 16.1. The van der Waals surface area contributed by atoms with Crippen molar-refractivity contribution >= 4 is 29.1 Å². The van der Waals surface area contributed by atoms with Crippen molar-refractivity contribution in [2.45, 2.75) is 6.04 Å². The van der Waals surface area contributed by atoms with Crippen LogP contribution in [0.5, 0.6) is 0 Å². The third kappa shape index (κ3) is 3.12. The summed E-state index contributed by atoms with van der Waals surface area (Å²) in [6.07, 6.45) is 0. The fraction of sp³-hybridized carbons (Fsp3) is 0.318. The van der Waals surface area contributed by atoms with Gasteiger partial charge in [0, 0.05) is 38.0 Å². The van der Waals surface area contributed by atoms with Gasteiger partial charge in [-0.2, -0.15) is 5.10 Å². The van der Waals surface area contributed by atoms with Crippen LogP contribution in [0.3, 0.4) is 0 Å². The van der Waals surface area contributed by atoms with E-state index in [1.807, 2.05) is 41.3 Å². The average molecular weight is 411 g/mol. The SMILES string of the molecule is Cl.Cn1nc(C(=O)N2C[C@@H]3CNC[C@@H]3[C@H]2c2ccccc2)c2ccccc2c1=O. The molecule has 1 amide bonds. The van der Waals surface area contributed by atoms with Crippen molar-refractivity contribution in [1.82, 2.24) is 20.0 Å². The summed E-state index contributed by atoms with van der Waals surface area (Å²) in [5.41, 5.74) is 1.32. The Labute approximate surface area is 174 Å². The Balaban J connectivity index is 0.00000205. The van der Waals surface area contributed by atoms with Gasteiger partial charge in [0.1, 0.15) is 0 Å². The van der Waals surface area contributed by atoms with Gasteiger partial charge < -0.3 is 10.2 Å². The molecule has 1 aromatic heterocycles. The van der Waals surface area contributed by atoms with Crippen molar-refractivity contribution in [2.24, 2.45) is 18.9 Å². The van der Waals surface area contributed by atoms with E-state index in [0.717, 1.165) is 18.7 Å². The molecule has 2 aliphatic rings. The molecule has 1 N–H and O–H groups in total. The van der Waals surface area contributed by atoms with Crippen molar-refractivity contribution in [1.29, 1.82) is 0 Å². The number of nitrogens with zero attached hydrogens (tertiary/aromatic N) is 3. The molecule has 5 rings (SSSR count). The number of aryl methyl sites for hydroxylation is 1. The second kappa shape index (κ2) is 7.61. The summed E-state index contributed by atoms with van der Waals surface area (Å²) in [5, 5.41) is 8.99. The summed E-state index contributed by atoms with van der Waals surface area (Å²) in [6.45, 7) is 2.55. The predicted octanol–water partition coefficient (Wildman–Crippen LogP) is 2.39. The number of benzene rings is 2. The maximum absolute atomic E-state index is 13.7. The highest BCUT2D eigenvalue weighted by Gasteiger charge is 2.47. The maximum atomic E-state index is 13.7. The summed E-state index contributed by atoms with van der Waals surface area (Å²) < 4.78 is 1.27. The van der Waals surface area contributed by atoms with Gasteiger partial charge in [0.2, 0.25) is 0 Å². The first-order valence-corrected chi connectivity index (χ1v) is 9.68. The monoisotopic (exact) mass is 410 g/mol. The number of likely N-dealkylation sites (tertiary alicyclic amines) is 1. The van der Waals surface area contributed by atoms with Crippen LogP contribution in [0.1, 0.15) is 22.1 Å². The third-order valence-electron chi connectivity index (χ3n) is 6.13. The molecule has 2 aliphatic heterocycles. The number of hydrogen-bond donors (Lipinski definition) is 1. The van der Waals surface area contributed by atoms with Crippen LogP contribution in [-0.4, -0.2) is 40.2 Å². The molecule has 0 unspecified atom stereocenters. The molecule has 2 saturated heterocycles. The Morgan fingerprint density at radius 3 is 2.48 bits per heavy atom. The average Bonchev–Trinajstić information content (AvgIpc) is 3.32. The molecule has 3 aromatic rings. The number of halogens is 1. The summed E-state index contributed by atoms with van der Waals surface area (Å²) in [7, 11) is 1.60. The van der Waals surface area contributed by atoms with Crippen molar-refractivity contribution in [3.63, 3.8) is 0 Å². The van der Waals surface area contributed by atoms with E-state index in [-0.39, 0.29) is 29.9 Å². The lowest BCUT2D eigenvalue weighted by molar-refractivity contribution is 0.0708. The molecule has 0 bridgehead atoms. The fourth-order valence-electron chi connectivity index (χ4n) is 4.80. The molecule has 6 nitrogen and oxygen atoms in total. The molecule has 150 valence electrons. The van der Waals surface area contributed by atoms with E-state index in [4.69, 9.17) is 0 Å². The van der Waals surface area contributed by atoms with Crippen LogP contribution in [0, 0.1) is 11.8 Å². The number of nitrogens with one attached hydrogen (secondary N) is 1. The number of aromatic nitrogens is 2. The zero-order valence-corrected chi connectivity index (χ0v) is 16.9. The van der Waals surface area contributed by atoms with Gasteiger partial charge in [-0.25, -0.2) is 4.68 Å². The van der Waals surface area contributed by atoms with Gasteiger partial charge in [0.25, 0.3) is 11.5 Å². The number of fused-ring (bicyclic) bond motifs is 2. The number of rotatable bonds is 2. The van der Waals surface area contributed by atoms with Gasteiger partial charge in [-0.15, -0.1) is 12.4 Å². The molecule has 2 fully saturated rings. The first-order chi connectivity index (χ1) is 13.6. The predicted molar refractivity (Wildman–Crippen MR) is 114 cm³/mol.